The fourth-order valence-electron chi connectivity index (χ4n) is 4.49. The van der Waals surface area contributed by atoms with Gasteiger partial charge in [-0.1, -0.05) is 36.4 Å². The second kappa shape index (κ2) is 8.30. The number of piperazine rings is 1. The molecule has 1 aliphatic carbocycles. The van der Waals surface area contributed by atoms with Crippen molar-refractivity contribution in [2.75, 3.05) is 33.2 Å². The Morgan fingerprint density at radius 3 is 2.96 bits per heavy atom. The van der Waals surface area contributed by atoms with Gasteiger partial charge in [-0.25, -0.2) is 0 Å². The van der Waals surface area contributed by atoms with Gasteiger partial charge in [-0.3, -0.25) is 14.8 Å². The lowest BCUT2D eigenvalue weighted by molar-refractivity contribution is 0.138. The van der Waals surface area contributed by atoms with Gasteiger partial charge in [0.15, 0.2) is 0 Å². The molecule has 2 atom stereocenters. The van der Waals surface area contributed by atoms with Crippen LogP contribution in [0, 0.1) is 0 Å². The van der Waals surface area contributed by atoms with Crippen molar-refractivity contribution < 1.29 is 0 Å². The predicted molar refractivity (Wildman–Crippen MR) is 106 cm³/mol. The lowest BCUT2D eigenvalue weighted by atomic mass is 9.91. The van der Waals surface area contributed by atoms with Crippen LogP contribution in [-0.2, 0) is 13.0 Å². The monoisotopic (exact) mass is 350 g/mol. The molecule has 2 aromatic rings. The maximum absolute atomic E-state index is 4.71. The molecule has 0 spiro atoms. The molecule has 0 amide bonds. The highest BCUT2D eigenvalue weighted by molar-refractivity contribution is 5.25. The molecule has 4 nitrogen and oxygen atoms in total. The van der Waals surface area contributed by atoms with Crippen molar-refractivity contribution in [2.45, 2.75) is 37.9 Å². The quantitative estimate of drug-likeness (QED) is 0.898. The van der Waals surface area contributed by atoms with E-state index in [1.54, 1.807) is 0 Å². The second-order valence-corrected chi connectivity index (χ2v) is 7.77. The van der Waals surface area contributed by atoms with E-state index in [1.165, 1.54) is 36.1 Å². The van der Waals surface area contributed by atoms with E-state index in [4.69, 9.17) is 4.98 Å². The van der Waals surface area contributed by atoms with E-state index in [0.717, 1.165) is 32.7 Å². The largest absolute Gasteiger partial charge is 0.310 e. The number of likely N-dealkylation sites (N-methyl/N-ethyl adjacent to an activating group) is 1. The van der Waals surface area contributed by atoms with Crippen LogP contribution >= 0.6 is 0 Å². The average molecular weight is 351 g/mol. The summed E-state index contributed by atoms with van der Waals surface area (Å²) in [6.45, 7) is 5.44. The number of hydrogen-bond donors (Lipinski definition) is 1. The summed E-state index contributed by atoms with van der Waals surface area (Å²) in [6.07, 6.45) is 5.62. The highest BCUT2D eigenvalue weighted by Crippen LogP contribution is 2.31. The first-order valence-electron chi connectivity index (χ1n) is 9.93. The van der Waals surface area contributed by atoms with E-state index in [2.05, 4.69) is 64.6 Å². The molecule has 0 unspecified atom stereocenters. The third-order valence-electron chi connectivity index (χ3n) is 5.79. The van der Waals surface area contributed by atoms with Crippen LogP contribution in [0.3, 0.4) is 0 Å². The summed E-state index contributed by atoms with van der Waals surface area (Å²) in [5.74, 6) is 0. The van der Waals surface area contributed by atoms with Crippen molar-refractivity contribution in [3.63, 3.8) is 0 Å². The van der Waals surface area contributed by atoms with E-state index >= 15 is 0 Å². The molecule has 1 aliphatic heterocycles. The smallest absolute Gasteiger partial charge is 0.0607 e. The van der Waals surface area contributed by atoms with Gasteiger partial charge in [-0.05, 0) is 43.5 Å². The normalized spacial score (nSPS) is 23.8. The van der Waals surface area contributed by atoms with Crippen LogP contribution in [0.4, 0.5) is 0 Å². The highest BCUT2D eigenvalue weighted by atomic mass is 15.2. The minimum atomic E-state index is 0.464. The Kier molecular flexibility index (Phi) is 5.63. The molecular formula is C22H30N4. The summed E-state index contributed by atoms with van der Waals surface area (Å²) in [4.78, 5) is 9.82. The van der Waals surface area contributed by atoms with E-state index in [0.29, 0.717) is 12.1 Å². The van der Waals surface area contributed by atoms with E-state index in [9.17, 15) is 0 Å². The molecule has 1 aromatic carbocycles. The first-order valence-corrected chi connectivity index (χ1v) is 9.93. The molecule has 4 heteroatoms. The highest BCUT2D eigenvalue weighted by Gasteiger charge is 2.28. The van der Waals surface area contributed by atoms with Crippen molar-refractivity contribution >= 4 is 0 Å². The van der Waals surface area contributed by atoms with Crippen LogP contribution in [0.25, 0.3) is 0 Å². The van der Waals surface area contributed by atoms with Crippen LogP contribution in [0.15, 0.2) is 48.7 Å². The summed E-state index contributed by atoms with van der Waals surface area (Å²) in [5, 5.41) is 3.73. The molecule has 0 radical (unpaired) electrons. The number of nitrogens with one attached hydrogen (secondary N) is 1. The number of aryl methyl sites for hydroxylation is 1. The molecular weight excluding hydrogens is 320 g/mol. The predicted octanol–water partition coefficient (Wildman–Crippen LogP) is 2.86. The van der Waals surface area contributed by atoms with Crippen LogP contribution in [0.5, 0.6) is 0 Å². The molecule has 4 rings (SSSR count). The second-order valence-electron chi connectivity index (χ2n) is 7.77. The van der Waals surface area contributed by atoms with E-state index in [-0.39, 0.29) is 0 Å². The molecule has 0 saturated carbocycles. The summed E-state index contributed by atoms with van der Waals surface area (Å²) in [5.41, 5.74) is 4.16. The van der Waals surface area contributed by atoms with Gasteiger partial charge in [0.05, 0.1) is 11.7 Å². The van der Waals surface area contributed by atoms with Crippen molar-refractivity contribution in [3.8, 4) is 0 Å². The van der Waals surface area contributed by atoms with Crippen molar-refractivity contribution in [1.29, 1.82) is 0 Å². The first kappa shape index (κ1) is 17.7. The molecule has 1 saturated heterocycles. The number of rotatable bonds is 5. The zero-order chi connectivity index (χ0) is 17.8. The summed E-state index contributed by atoms with van der Waals surface area (Å²) in [7, 11) is 2.27. The number of hydrogen-bond acceptors (Lipinski definition) is 4. The lowest BCUT2D eigenvalue weighted by Gasteiger charge is -2.38. The Hall–Kier alpha value is -1.75. The molecule has 0 bridgehead atoms. The number of benzene rings is 1. The molecule has 2 aliphatic rings. The van der Waals surface area contributed by atoms with E-state index in [1.807, 2.05) is 6.20 Å². The fourth-order valence-corrected chi connectivity index (χ4v) is 4.49. The number of pyridine rings is 1. The SMILES string of the molecule is CN(C[C@@H]1CN(Cc2ccccc2)CCN1)[C@H]1CCCc2cccnc21. The van der Waals surface area contributed by atoms with Crippen LogP contribution in [0.1, 0.15) is 35.7 Å². The van der Waals surface area contributed by atoms with Crippen molar-refractivity contribution in [2.24, 2.45) is 0 Å². The third kappa shape index (κ3) is 4.14. The summed E-state index contributed by atoms with van der Waals surface area (Å²) in [6, 6.07) is 16.1. The number of aromatic nitrogens is 1. The Labute approximate surface area is 157 Å². The Bertz CT molecular complexity index is 702. The summed E-state index contributed by atoms with van der Waals surface area (Å²) < 4.78 is 0. The molecule has 1 fully saturated rings. The van der Waals surface area contributed by atoms with Crippen molar-refractivity contribution in [3.05, 3.63) is 65.5 Å². The van der Waals surface area contributed by atoms with Crippen LogP contribution in [-0.4, -0.2) is 54.1 Å². The van der Waals surface area contributed by atoms with Gasteiger partial charge < -0.3 is 5.32 Å². The third-order valence-corrected chi connectivity index (χ3v) is 5.79. The van der Waals surface area contributed by atoms with E-state index < -0.39 is 0 Å². The standard InChI is InChI=1S/C22H30N4/c1-25(21-11-5-9-19-10-6-12-24-22(19)21)16-20-17-26(14-13-23-20)15-18-7-3-2-4-8-18/h2-4,6-8,10,12,20-21,23H,5,9,11,13-17H2,1H3/t20-,21+/m1/s1. The molecule has 1 aromatic heterocycles. The zero-order valence-corrected chi connectivity index (χ0v) is 15.8. The maximum Gasteiger partial charge on any atom is 0.0607 e. The van der Waals surface area contributed by atoms with Crippen LogP contribution < -0.4 is 5.32 Å². The van der Waals surface area contributed by atoms with Gasteiger partial charge in [0.2, 0.25) is 0 Å². The van der Waals surface area contributed by atoms with Crippen LogP contribution in [0.2, 0.25) is 0 Å². The Morgan fingerprint density at radius 2 is 2.08 bits per heavy atom. The molecule has 26 heavy (non-hydrogen) atoms. The van der Waals surface area contributed by atoms with Gasteiger partial charge >= 0.3 is 0 Å². The van der Waals surface area contributed by atoms with Gasteiger partial charge in [-0.2, -0.15) is 0 Å². The first-order chi connectivity index (χ1) is 12.8. The minimum Gasteiger partial charge on any atom is -0.310 e. The molecule has 1 N–H and O–H groups in total. The lowest BCUT2D eigenvalue weighted by Crippen LogP contribution is -2.54. The fraction of sp³-hybridized carbons (Fsp3) is 0.500. The number of fused-ring (bicyclic) bond motifs is 1. The average Bonchev–Trinajstić information content (AvgIpc) is 2.68. The molecule has 138 valence electrons. The zero-order valence-electron chi connectivity index (χ0n) is 15.8. The summed E-state index contributed by atoms with van der Waals surface area (Å²) >= 11 is 0. The number of nitrogens with zero attached hydrogens (tertiary/aromatic N) is 3. The maximum atomic E-state index is 4.71. The van der Waals surface area contributed by atoms with Gasteiger partial charge in [-0.15, -0.1) is 0 Å². The van der Waals surface area contributed by atoms with Crippen molar-refractivity contribution in [1.82, 2.24) is 20.1 Å². The van der Waals surface area contributed by atoms with Gasteiger partial charge in [0, 0.05) is 45.0 Å². The molecule has 2 heterocycles. The van der Waals surface area contributed by atoms with Gasteiger partial charge in [0.25, 0.3) is 0 Å². The Morgan fingerprint density at radius 1 is 1.19 bits per heavy atom. The Balaban J connectivity index is 1.36. The topological polar surface area (TPSA) is 31.4 Å². The van der Waals surface area contributed by atoms with Gasteiger partial charge in [0.1, 0.15) is 0 Å². The minimum absolute atomic E-state index is 0.464.